The van der Waals surface area contributed by atoms with Crippen LogP contribution in [0.25, 0.3) is 0 Å². The first kappa shape index (κ1) is 14.3. The van der Waals surface area contributed by atoms with E-state index >= 15 is 0 Å². The molecule has 4 nitrogen and oxygen atoms in total. The maximum Gasteiger partial charge on any atom is 0.293 e. The average molecular weight is 271 g/mol. The van der Waals surface area contributed by atoms with Gasteiger partial charge in [0, 0.05) is 32.5 Å². The lowest BCUT2D eigenvalue weighted by atomic mass is 10.1. The minimum atomic E-state index is -0.0392. The van der Waals surface area contributed by atoms with Gasteiger partial charge < -0.3 is 9.47 Å². The lowest BCUT2D eigenvalue weighted by Crippen LogP contribution is -2.29. The Hall–Kier alpha value is -2.10. The SMILES string of the molecule is CCc1ccc(CN(C)c2nccn(CC)c2=O)cc1. The average Bonchev–Trinajstić information content (AvgIpc) is 2.48. The van der Waals surface area contributed by atoms with Crippen molar-refractivity contribution in [2.24, 2.45) is 0 Å². The van der Waals surface area contributed by atoms with Gasteiger partial charge in [-0.15, -0.1) is 0 Å². The maximum absolute atomic E-state index is 12.2. The smallest absolute Gasteiger partial charge is 0.293 e. The third-order valence-corrected chi connectivity index (χ3v) is 3.45. The zero-order valence-electron chi connectivity index (χ0n) is 12.3. The van der Waals surface area contributed by atoms with Gasteiger partial charge in [0.25, 0.3) is 5.56 Å². The Labute approximate surface area is 119 Å². The lowest BCUT2D eigenvalue weighted by Gasteiger charge is -2.18. The van der Waals surface area contributed by atoms with E-state index in [2.05, 4.69) is 36.2 Å². The van der Waals surface area contributed by atoms with Crippen LogP contribution < -0.4 is 10.5 Å². The zero-order valence-corrected chi connectivity index (χ0v) is 12.3. The topological polar surface area (TPSA) is 38.1 Å². The number of rotatable bonds is 5. The summed E-state index contributed by atoms with van der Waals surface area (Å²) in [7, 11) is 1.90. The molecule has 0 saturated heterocycles. The molecule has 4 heteroatoms. The molecule has 0 aliphatic heterocycles. The van der Waals surface area contributed by atoms with Gasteiger partial charge in [0.05, 0.1) is 0 Å². The molecule has 20 heavy (non-hydrogen) atoms. The molecule has 0 radical (unpaired) electrons. The minimum Gasteiger partial charge on any atom is -0.351 e. The zero-order chi connectivity index (χ0) is 14.5. The van der Waals surface area contributed by atoms with Gasteiger partial charge in [-0.25, -0.2) is 4.98 Å². The molecular formula is C16H21N3O. The Bertz CT molecular complexity index is 616. The Morgan fingerprint density at radius 3 is 2.40 bits per heavy atom. The van der Waals surface area contributed by atoms with Gasteiger partial charge in [-0.3, -0.25) is 4.79 Å². The van der Waals surface area contributed by atoms with E-state index in [1.54, 1.807) is 17.0 Å². The lowest BCUT2D eigenvalue weighted by molar-refractivity contribution is 0.708. The maximum atomic E-state index is 12.2. The van der Waals surface area contributed by atoms with Crippen LogP contribution in [0.4, 0.5) is 5.82 Å². The molecule has 2 rings (SSSR count). The molecule has 0 aliphatic carbocycles. The van der Waals surface area contributed by atoms with Crippen molar-refractivity contribution < 1.29 is 0 Å². The number of hydrogen-bond donors (Lipinski definition) is 0. The monoisotopic (exact) mass is 271 g/mol. The molecule has 2 aromatic rings. The number of aryl methyl sites for hydroxylation is 2. The summed E-state index contributed by atoms with van der Waals surface area (Å²) in [4.78, 5) is 18.3. The molecule has 0 fully saturated rings. The quantitative estimate of drug-likeness (QED) is 0.838. The van der Waals surface area contributed by atoms with E-state index in [1.165, 1.54) is 11.1 Å². The first-order valence-electron chi connectivity index (χ1n) is 7.00. The van der Waals surface area contributed by atoms with Crippen LogP contribution >= 0.6 is 0 Å². The summed E-state index contributed by atoms with van der Waals surface area (Å²) in [5.41, 5.74) is 2.46. The second kappa shape index (κ2) is 6.37. The van der Waals surface area contributed by atoms with Gasteiger partial charge in [0.1, 0.15) is 0 Å². The van der Waals surface area contributed by atoms with Gasteiger partial charge in [0.15, 0.2) is 5.82 Å². The first-order chi connectivity index (χ1) is 9.65. The molecule has 106 valence electrons. The van der Waals surface area contributed by atoms with E-state index in [-0.39, 0.29) is 5.56 Å². The fourth-order valence-corrected chi connectivity index (χ4v) is 2.18. The second-order valence-corrected chi connectivity index (χ2v) is 4.87. The van der Waals surface area contributed by atoms with Crippen molar-refractivity contribution in [1.29, 1.82) is 0 Å². The molecule has 1 aromatic heterocycles. The van der Waals surface area contributed by atoms with Gasteiger partial charge in [-0.1, -0.05) is 31.2 Å². The third kappa shape index (κ3) is 3.07. The van der Waals surface area contributed by atoms with Crippen molar-refractivity contribution in [2.45, 2.75) is 33.4 Å². The highest BCUT2D eigenvalue weighted by atomic mass is 16.1. The van der Waals surface area contributed by atoms with E-state index in [4.69, 9.17) is 0 Å². The van der Waals surface area contributed by atoms with Crippen LogP contribution in [0.15, 0.2) is 41.5 Å². The van der Waals surface area contributed by atoms with Crippen LogP contribution in [0.1, 0.15) is 25.0 Å². The van der Waals surface area contributed by atoms with Gasteiger partial charge in [-0.2, -0.15) is 0 Å². The van der Waals surface area contributed by atoms with Crippen molar-refractivity contribution in [1.82, 2.24) is 9.55 Å². The molecule has 0 bridgehead atoms. The number of anilines is 1. The van der Waals surface area contributed by atoms with Crippen LogP contribution in [0.2, 0.25) is 0 Å². The van der Waals surface area contributed by atoms with E-state index in [0.29, 0.717) is 18.9 Å². The van der Waals surface area contributed by atoms with E-state index in [9.17, 15) is 4.79 Å². The Kier molecular flexibility index (Phi) is 4.56. The first-order valence-corrected chi connectivity index (χ1v) is 7.00. The van der Waals surface area contributed by atoms with E-state index < -0.39 is 0 Å². The van der Waals surface area contributed by atoms with Crippen LogP contribution in [0, 0.1) is 0 Å². The molecule has 0 N–H and O–H groups in total. The van der Waals surface area contributed by atoms with Crippen molar-refractivity contribution >= 4 is 5.82 Å². The number of hydrogen-bond acceptors (Lipinski definition) is 3. The fraction of sp³-hybridized carbons (Fsp3) is 0.375. The molecule has 1 heterocycles. The molecular weight excluding hydrogens is 250 g/mol. The molecule has 0 atom stereocenters. The Morgan fingerprint density at radius 2 is 1.80 bits per heavy atom. The van der Waals surface area contributed by atoms with E-state index in [0.717, 1.165) is 6.42 Å². The summed E-state index contributed by atoms with van der Waals surface area (Å²) in [6.45, 7) is 5.43. The summed E-state index contributed by atoms with van der Waals surface area (Å²) >= 11 is 0. The molecule has 0 amide bonds. The van der Waals surface area contributed by atoms with Crippen molar-refractivity contribution in [3.63, 3.8) is 0 Å². The fourth-order valence-electron chi connectivity index (χ4n) is 2.18. The van der Waals surface area contributed by atoms with Gasteiger partial charge >= 0.3 is 0 Å². The predicted octanol–water partition coefficient (Wildman–Crippen LogP) is 2.46. The Balaban J connectivity index is 2.19. The summed E-state index contributed by atoms with van der Waals surface area (Å²) in [6, 6.07) is 8.48. The van der Waals surface area contributed by atoms with Crippen LogP contribution in [-0.2, 0) is 19.5 Å². The third-order valence-electron chi connectivity index (χ3n) is 3.45. The number of aromatic nitrogens is 2. The van der Waals surface area contributed by atoms with Crippen molar-refractivity contribution in [3.05, 3.63) is 58.1 Å². The molecule has 1 aromatic carbocycles. The van der Waals surface area contributed by atoms with Crippen LogP contribution in [-0.4, -0.2) is 16.6 Å². The van der Waals surface area contributed by atoms with Crippen molar-refractivity contribution in [2.75, 3.05) is 11.9 Å². The second-order valence-electron chi connectivity index (χ2n) is 4.87. The molecule has 0 unspecified atom stereocenters. The molecule has 0 aliphatic rings. The number of nitrogens with zero attached hydrogens (tertiary/aromatic N) is 3. The summed E-state index contributed by atoms with van der Waals surface area (Å²) < 4.78 is 1.67. The highest BCUT2D eigenvalue weighted by molar-refractivity contribution is 5.36. The highest BCUT2D eigenvalue weighted by Gasteiger charge is 2.09. The van der Waals surface area contributed by atoms with Gasteiger partial charge in [0.2, 0.25) is 0 Å². The largest absolute Gasteiger partial charge is 0.351 e. The molecule has 0 spiro atoms. The Morgan fingerprint density at radius 1 is 1.15 bits per heavy atom. The molecule has 0 saturated carbocycles. The standard InChI is InChI=1S/C16H21N3O/c1-4-13-6-8-14(9-7-13)12-18(3)15-16(20)19(5-2)11-10-17-15/h6-11H,4-5,12H2,1-3H3. The predicted molar refractivity (Wildman–Crippen MR) is 82.1 cm³/mol. The minimum absolute atomic E-state index is 0.0392. The van der Waals surface area contributed by atoms with Crippen LogP contribution in [0.3, 0.4) is 0 Å². The highest BCUT2D eigenvalue weighted by Crippen LogP contribution is 2.10. The van der Waals surface area contributed by atoms with Gasteiger partial charge in [-0.05, 0) is 24.5 Å². The summed E-state index contributed by atoms with van der Waals surface area (Å²) in [6.07, 6.45) is 4.43. The normalized spacial score (nSPS) is 10.6. The number of benzene rings is 1. The van der Waals surface area contributed by atoms with Crippen LogP contribution in [0.5, 0.6) is 0 Å². The van der Waals surface area contributed by atoms with Crippen molar-refractivity contribution in [3.8, 4) is 0 Å². The summed E-state index contributed by atoms with van der Waals surface area (Å²) in [5, 5.41) is 0. The van der Waals surface area contributed by atoms with E-state index in [1.807, 2.05) is 18.9 Å². The summed E-state index contributed by atoms with van der Waals surface area (Å²) in [5.74, 6) is 0.494.